The number of ketones is 1. The normalized spacial score (nSPS) is 14.5. The summed E-state index contributed by atoms with van der Waals surface area (Å²) in [5, 5.41) is 0. The molecule has 60 valence electrons. The van der Waals surface area contributed by atoms with Crippen LogP contribution in [0.1, 0.15) is 20.8 Å². The van der Waals surface area contributed by atoms with E-state index in [1.165, 1.54) is 13.8 Å². The Balaban J connectivity index is 4.34. The molecule has 0 amide bonds. The third-order valence-electron chi connectivity index (χ3n) is 1.37. The first-order valence-electron chi connectivity index (χ1n) is 3.19. The van der Waals surface area contributed by atoms with Crippen molar-refractivity contribution in [3.05, 3.63) is 0 Å². The second kappa shape index (κ2) is 4.41. The van der Waals surface area contributed by atoms with Crippen LogP contribution in [0.2, 0.25) is 0 Å². The van der Waals surface area contributed by atoms with Gasteiger partial charge in [-0.15, -0.1) is 0 Å². The van der Waals surface area contributed by atoms with Gasteiger partial charge in [-0.25, -0.2) is 0 Å². The van der Waals surface area contributed by atoms with E-state index in [1.54, 1.807) is 6.92 Å². The number of halogens is 1. The van der Waals surface area contributed by atoms with E-state index in [2.05, 4.69) is 0 Å². The number of hydrogen-bond acceptors (Lipinski definition) is 3. The molecule has 1 atom stereocenters. The van der Waals surface area contributed by atoms with Crippen LogP contribution in [0.25, 0.3) is 0 Å². The molecule has 0 aliphatic rings. The number of ether oxygens (including phenoxy) is 1. The molecule has 0 aromatic rings. The average Bonchev–Trinajstić information content (AvgIpc) is 1.86. The minimum atomic E-state index is -1.88. The molecule has 5 heteroatoms. The summed E-state index contributed by atoms with van der Waals surface area (Å²) in [6.45, 7) is 4.26. The maximum absolute atomic E-state index is 10.9. The van der Waals surface area contributed by atoms with Crippen molar-refractivity contribution in [2.24, 2.45) is 0 Å². The molecule has 0 spiro atoms. The molecular formula is C6H9ClHgO3. The summed E-state index contributed by atoms with van der Waals surface area (Å²) in [6.07, 6.45) is 0. The van der Waals surface area contributed by atoms with E-state index in [-0.39, 0.29) is 5.78 Å². The third-order valence-corrected chi connectivity index (χ3v) is 10.3. The third kappa shape index (κ3) is 3.51. The molecule has 0 saturated heterocycles. The fourth-order valence-corrected chi connectivity index (χ4v) is 4.37. The number of carbonyl (C=O) groups excluding carboxylic acids is 2. The summed E-state index contributed by atoms with van der Waals surface area (Å²) in [6, 6.07) is 0. The molecule has 0 aliphatic carbocycles. The molecule has 3 nitrogen and oxygen atoms in total. The minimum absolute atomic E-state index is 0.149. The molecular weight excluding hydrogens is 356 g/mol. The van der Waals surface area contributed by atoms with E-state index in [1.807, 2.05) is 0 Å². The van der Waals surface area contributed by atoms with Crippen molar-refractivity contribution in [3.8, 4) is 0 Å². The summed E-state index contributed by atoms with van der Waals surface area (Å²) in [5.41, 5.74) is 0. The number of esters is 1. The predicted molar refractivity (Wildman–Crippen MR) is 36.7 cm³/mol. The van der Waals surface area contributed by atoms with Gasteiger partial charge in [0, 0.05) is 0 Å². The van der Waals surface area contributed by atoms with Crippen LogP contribution in [0.4, 0.5) is 0 Å². The van der Waals surface area contributed by atoms with Crippen molar-refractivity contribution in [1.29, 1.82) is 0 Å². The van der Waals surface area contributed by atoms with Crippen LogP contribution in [0, 0.1) is 0 Å². The fraction of sp³-hybridized carbons (Fsp3) is 0.667. The van der Waals surface area contributed by atoms with Gasteiger partial charge in [-0.2, -0.15) is 0 Å². The summed E-state index contributed by atoms with van der Waals surface area (Å²) in [7, 11) is 5.67. The predicted octanol–water partition coefficient (Wildman–Crippen LogP) is 1.09. The standard InChI is InChI=1S/C6H9O3.ClH.Hg/c1-4(7)5(2)9-6(3)8;;/h1-3H3;1H;/q;;+1/p-1. The Hall–Kier alpha value is 0.365. The Morgan fingerprint density at radius 1 is 1.45 bits per heavy atom. The number of Topliss-reactive ketones (excluding diaryl/α,β-unsaturated/α-hetero) is 1. The van der Waals surface area contributed by atoms with Gasteiger partial charge in [-0.1, -0.05) is 0 Å². The van der Waals surface area contributed by atoms with Crippen molar-refractivity contribution < 1.29 is 37.7 Å². The Morgan fingerprint density at radius 2 is 1.91 bits per heavy atom. The van der Waals surface area contributed by atoms with Gasteiger partial charge in [-0.05, 0) is 0 Å². The Kier molecular flexibility index (Phi) is 4.55. The molecule has 0 radical (unpaired) electrons. The monoisotopic (exact) mass is 366 g/mol. The fourth-order valence-electron chi connectivity index (χ4n) is 0.510. The van der Waals surface area contributed by atoms with Crippen LogP contribution in [-0.2, 0) is 37.7 Å². The van der Waals surface area contributed by atoms with Gasteiger partial charge in [0.05, 0.1) is 0 Å². The molecule has 11 heavy (non-hydrogen) atoms. The van der Waals surface area contributed by atoms with Crippen LogP contribution in [0.5, 0.6) is 0 Å². The molecule has 0 heterocycles. The van der Waals surface area contributed by atoms with Gasteiger partial charge in [0.25, 0.3) is 0 Å². The number of hydrogen-bond donors (Lipinski definition) is 0. The summed E-state index contributed by atoms with van der Waals surface area (Å²) in [4.78, 5) is 21.5. The van der Waals surface area contributed by atoms with Crippen LogP contribution in [0.3, 0.4) is 0 Å². The zero-order chi connectivity index (χ0) is 9.07. The van der Waals surface area contributed by atoms with E-state index in [9.17, 15) is 9.59 Å². The summed E-state index contributed by atoms with van der Waals surface area (Å²) in [5.74, 6) is -0.590. The number of rotatable bonds is 3. The van der Waals surface area contributed by atoms with E-state index >= 15 is 0 Å². The van der Waals surface area contributed by atoms with Crippen LogP contribution < -0.4 is 0 Å². The van der Waals surface area contributed by atoms with E-state index < -0.39 is 32.4 Å². The Labute approximate surface area is 81.3 Å². The van der Waals surface area contributed by atoms with Gasteiger partial charge in [0.15, 0.2) is 0 Å². The van der Waals surface area contributed by atoms with Gasteiger partial charge in [0.1, 0.15) is 0 Å². The number of carbonyl (C=O) groups is 2. The van der Waals surface area contributed by atoms with Gasteiger partial charge in [-0.3, -0.25) is 0 Å². The second-order valence-corrected chi connectivity index (χ2v) is 11.1. The first-order valence-corrected chi connectivity index (χ1v) is 12.7. The Bertz CT molecular complexity index is 183. The van der Waals surface area contributed by atoms with Crippen molar-refractivity contribution in [2.75, 3.05) is 0 Å². The quantitative estimate of drug-likeness (QED) is 0.556. The van der Waals surface area contributed by atoms with E-state index in [0.29, 0.717) is 0 Å². The van der Waals surface area contributed by atoms with Gasteiger partial charge >= 0.3 is 81.5 Å². The second-order valence-electron chi connectivity index (χ2n) is 2.51. The zero-order valence-corrected chi connectivity index (χ0v) is 13.1. The average molecular weight is 365 g/mol. The molecule has 0 aromatic carbocycles. The maximum atomic E-state index is 10.9. The SMILES string of the molecule is CC(=O)O[C](C)([Hg][Cl])C(C)=O. The molecule has 0 bridgehead atoms. The van der Waals surface area contributed by atoms with Crippen LogP contribution >= 0.6 is 8.25 Å². The molecule has 0 saturated carbocycles. The zero-order valence-electron chi connectivity index (χ0n) is 6.81. The molecule has 0 aliphatic heterocycles. The van der Waals surface area contributed by atoms with Gasteiger partial charge in [0.2, 0.25) is 0 Å². The van der Waals surface area contributed by atoms with Crippen molar-refractivity contribution >= 4 is 20.0 Å². The molecule has 0 N–H and O–H groups in total. The molecule has 0 fully saturated rings. The summed E-state index contributed by atoms with van der Waals surface area (Å²) >= 11 is -1.88. The molecule has 0 rings (SSSR count). The van der Waals surface area contributed by atoms with Crippen LogP contribution in [-0.4, -0.2) is 14.9 Å². The van der Waals surface area contributed by atoms with Crippen molar-refractivity contribution in [3.63, 3.8) is 0 Å². The first kappa shape index (κ1) is 11.4. The van der Waals surface area contributed by atoms with Gasteiger partial charge < -0.3 is 0 Å². The first-order chi connectivity index (χ1) is 4.92. The van der Waals surface area contributed by atoms with Crippen molar-refractivity contribution in [1.82, 2.24) is 0 Å². The van der Waals surface area contributed by atoms with E-state index in [0.717, 1.165) is 0 Å². The van der Waals surface area contributed by atoms with Crippen molar-refractivity contribution in [2.45, 2.75) is 23.9 Å². The van der Waals surface area contributed by atoms with Crippen LogP contribution in [0.15, 0.2) is 0 Å². The summed E-state index contributed by atoms with van der Waals surface area (Å²) < 4.78 is 3.89. The van der Waals surface area contributed by atoms with E-state index in [4.69, 9.17) is 13.0 Å². The topological polar surface area (TPSA) is 43.4 Å². The Morgan fingerprint density at radius 3 is 2.00 bits per heavy atom. The molecule has 1 unspecified atom stereocenters. The molecule has 0 aromatic heterocycles.